The number of rotatable bonds is 5. The number of halogens is 2. The molecule has 0 saturated carbocycles. The Hall–Kier alpha value is -2.08. The van der Waals surface area contributed by atoms with Crippen LogP contribution in [0, 0.1) is 0 Å². The fourth-order valence-corrected chi connectivity index (χ4v) is 3.03. The first-order valence-corrected chi connectivity index (χ1v) is 8.64. The van der Waals surface area contributed by atoms with Gasteiger partial charge in [0.1, 0.15) is 5.75 Å². The molecule has 0 spiro atoms. The third-order valence-corrected chi connectivity index (χ3v) is 4.69. The summed E-state index contributed by atoms with van der Waals surface area (Å²) >= 11 is 13.3. The number of benzene rings is 2. The highest BCUT2D eigenvalue weighted by molar-refractivity contribution is 7.14. The number of nitrogens with zero attached hydrogens (tertiary/aromatic N) is 2. The average Bonchev–Trinajstić information content (AvgIpc) is 3.07. The zero-order valence-corrected chi connectivity index (χ0v) is 15.0. The highest BCUT2D eigenvalue weighted by Crippen LogP contribution is 2.31. The van der Waals surface area contributed by atoms with Crippen LogP contribution in [0.4, 0.5) is 5.13 Å². The zero-order chi connectivity index (χ0) is 16.9. The smallest absolute Gasteiger partial charge is 0.203 e. The lowest BCUT2D eigenvalue weighted by Gasteiger charge is -2.04. The number of aromatic nitrogens is 1. The molecule has 7 heteroatoms. The molecule has 0 bridgehead atoms. The highest BCUT2D eigenvalue weighted by Gasteiger charge is 2.08. The van der Waals surface area contributed by atoms with Gasteiger partial charge in [-0.25, -0.2) is 4.98 Å². The van der Waals surface area contributed by atoms with E-state index in [-0.39, 0.29) is 0 Å². The Morgan fingerprint density at radius 2 is 2.00 bits per heavy atom. The molecule has 0 amide bonds. The molecule has 0 aliphatic heterocycles. The van der Waals surface area contributed by atoms with Crippen LogP contribution in [-0.2, 0) is 0 Å². The van der Waals surface area contributed by atoms with Crippen molar-refractivity contribution in [1.82, 2.24) is 4.98 Å². The molecule has 0 aliphatic rings. The van der Waals surface area contributed by atoms with Gasteiger partial charge in [0.2, 0.25) is 5.13 Å². The van der Waals surface area contributed by atoms with Gasteiger partial charge in [-0.15, -0.1) is 11.3 Å². The van der Waals surface area contributed by atoms with E-state index in [9.17, 15) is 0 Å². The Morgan fingerprint density at radius 1 is 1.17 bits per heavy atom. The Kier molecular flexibility index (Phi) is 5.35. The second kappa shape index (κ2) is 7.66. The van der Waals surface area contributed by atoms with Gasteiger partial charge in [0, 0.05) is 10.9 Å². The maximum Gasteiger partial charge on any atom is 0.203 e. The molecular weight excluding hydrogens is 365 g/mol. The van der Waals surface area contributed by atoms with Crippen molar-refractivity contribution >= 4 is 45.9 Å². The molecule has 0 unspecified atom stereocenters. The summed E-state index contributed by atoms with van der Waals surface area (Å²) in [5, 5.41) is 7.82. The van der Waals surface area contributed by atoms with E-state index < -0.39 is 0 Å². The van der Waals surface area contributed by atoms with Gasteiger partial charge in [0.15, 0.2) is 0 Å². The van der Waals surface area contributed by atoms with Crippen LogP contribution >= 0.6 is 34.5 Å². The van der Waals surface area contributed by atoms with E-state index in [1.165, 1.54) is 11.3 Å². The van der Waals surface area contributed by atoms with E-state index in [2.05, 4.69) is 15.5 Å². The van der Waals surface area contributed by atoms with E-state index in [0.717, 1.165) is 22.6 Å². The van der Waals surface area contributed by atoms with Crippen LogP contribution in [0.3, 0.4) is 0 Å². The Balaban J connectivity index is 1.72. The van der Waals surface area contributed by atoms with Crippen molar-refractivity contribution in [3.8, 4) is 17.0 Å². The van der Waals surface area contributed by atoms with Crippen LogP contribution in [0.2, 0.25) is 10.0 Å². The van der Waals surface area contributed by atoms with Crippen LogP contribution < -0.4 is 10.2 Å². The second-order valence-corrected chi connectivity index (χ2v) is 6.45. The van der Waals surface area contributed by atoms with Crippen molar-refractivity contribution in [1.29, 1.82) is 0 Å². The van der Waals surface area contributed by atoms with Gasteiger partial charge in [-0.1, -0.05) is 41.4 Å². The summed E-state index contributed by atoms with van der Waals surface area (Å²) in [5.74, 6) is 0.786. The number of hydrogen-bond acceptors (Lipinski definition) is 5. The topological polar surface area (TPSA) is 46.5 Å². The SMILES string of the molecule is COc1ccccc1-c1csc(N/N=C\c2ccc(Cl)c(Cl)c2)n1. The summed E-state index contributed by atoms with van der Waals surface area (Å²) in [4.78, 5) is 4.52. The number of thiazole rings is 1. The number of methoxy groups -OCH3 is 1. The van der Waals surface area contributed by atoms with Crippen LogP contribution in [0.15, 0.2) is 52.9 Å². The maximum atomic E-state index is 5.97. The molecule has 122 valence electrons. The Morgan fingerprint density at radius 3 is 2.79 bits per heavy atom. The molecule has 24 heavy (non-hydrogen) atoms. The number of hydrazone groups is 1. The van der Waals surface area contributed by atoms with Gasteiger partial charge in [-0.2, -0.15) is 5.10 Å². The second-order valence-electron chi connectivity index (χ2n) is 4.78. The zero-order valence-electron chi connectivity index (χ0n) is 12.7. The maximum absolute atomic E-state index is 5.97. The van der Waals surface area contributed by atoms with E-state index >= 15 is 0 Å². The van der Waals surface area contributed by atoms with Crippen molar-refractivity contribution in [2.75, 3.05) is 12.5 Å². The van der Waals surface area contributed by atoms with Crippen molar-refractivity contribution < 1.29 is 4.74 Å². The van der Waals surface area contributed by atoms with Gasteiger partial charge in [-0.3, -0.25) is 5.43 Å². The molecule has 4 nitrogen and oxygen atoms in total. The predicted octanol–water partition coefficient (Wildman–Crippen LogP) is 5.57. The molecule has 2 aromatic carbocycles. The van der Waals surface area contributed by atoms with Crippen LogP contribution in [0.5, 0.6) is 5.75 Å². The molecule has 0 radical (unpaired) electrons. The summed E-state index contributed by atoms with van der Waals surface area (Å²) in [7, 11) is 1.64. The predicted molar refractivity (Wildman–Crippen MR) is 102 cm³/mol. The summed E-state index contributed by atoms with van der Waals surface area (Å²) < 4.78 is 5.36. The first-order chi connectivity index (χ1) is 11.7. The molecule has 3 rings (SSSR count). The van der Waals surface area contributed by atoms with E-state index in [1.54, 1.807) is 25.5 Å². The monoisotopic (exact) mass is 377 g/mol. The fourth-order valence-electron chi connectivity index (χ4n) is 2.06. The quantitative estimate of drug-likeness (QED) is 0.466. The fraction of sp³-hybridized carbons (Fsp3) is 0.0588. The van der Waals surface area contributed by atoms with Gasteiger partial charge >= 0.3 is 0 Å². The van der Waals surface area contributed by atoms with Crippen molar-refractivity contribution in [3.05, 3.63) is 63.5 Å². The standard InChI is InChI=1S/C17H13Cl2N3OS/c1-23-16-5-3-2-4-12(16)15-10-24-17(21-15)22-20-9-11-6-7-13(18)14(19)8-11/h2-10H,1H3,(H,21,22)/b20-9-. The van der Waals surface area contributed by atoms with Crippen molar-refractivity contribution in [2.24, 2.45) is 5.10 Å². The molecular formula is C17H13Cl2N3OS. The van der Waals surface area contributed by atoms with Crippen molar-refractivity contribution in [3.63, 3.8) is 0 Å². The third kappa shape index (κ3) is 3.87. The molecule has 0 atom stereocenters. The number of nitrogens with one attached hydrogen (secondary N) is 1. The lowest BCUT2D eigenvalue weighted by Crippen LogP contribution is -1.91. The number of anilines is 1. The Bertz CT molecular complexity index is 880. The normalized spacial score (nSPS) is 11.0. The number of ether oxygens (including phenoxy) is 1. The van der Waals surface area contributed by atoms with Gasteiger partial charge in [0.25, 0.3) is 0 Å². The number of para-hydroxylation sites is 1. The highest BCUT2D eigenvalue weighted by atomic mass is 35.5. The van der Waals surface area contributed by atoms with Crippen LogP contribution in [0.1, 0.15) is 5.56 Å². The van der Waals surface area contributed by atoms with Crippen molar-refractivity contribution in [2.45, 2.75) is 0 Å². The minimum atomic E-state index is 0.494. The number of hydrogen-bond donors (Lipinski definition) is 1. The largest absolute Gasteiger partial charge is 0.496 e. The third-order valence-electron chi connectivity index (χ3n) is 3.20. The Labute approximate surface area is 153 Å². The van der Waals surface area contributed by atoms with E-state index in [4.69, 9.17) is 27.9 Å². The first kappa shape index (κ1) is 16.8. The van der Waals surface area contributed by atoms with Gasteiger partial charge in [0.05, 0.1) is 29.1 Å². The van der Waals surface area contributed by atoms with Gasteiger partial charge < -0.3 is 4.74 Å². The molecule has 0 saturated heterocycles. The summed E-state index contributed by atoms with van der Waals surface area (Å²) in [6.45, 7) is 0. The molecule has 1 N–H and O–H groups in total. The molecule has 1 heterocycles. The lowest BCUT2D eigenvalue weighted by atomic mass is 10.1. The average molecular weight is 378 g/mol. The van der Waals surface area contributed by atoms with E-state index in [0.29, 0.717) is 15.2 Å². The van der Waals surface area contributed by atoms with E-state index in [1.807, 2.05) is 35.7 Å². The minimum absolute atomic E-state index is 0.494. The summed E-state index contributed by atoms with van der Waals surface area (Å²) in [6.07, 6.45) is 1.66. The first-order valence-electron chi connectivity index (χ1n) is 7.00. The molecule has 0 fully saturated rings. The lowest BCUT2D eigenvalue weighted by molar-refractivity contribution is 0.416. The molecule has 0 aliphatic carbocycles. The molecule has 3 aromatic rings. The summed E-state index contributed by atoms with van der Waals surface area (Å²) in [5.41, 5.74) is 5.54. The molecule has 1 aromatic heterocycles. The minimum Gasteiger partial charge on any atom is -0.496 e. The van der Waals surface area contributed by atoms with Crippen LogP contribution in [0.25, 0.3) is 11.3 Å². The van der Waals surface area contributed by atoms with Crippen LogP contribution in [-0.4, -0.2) is 18.3 Å². The van der Waals surface area contributed by atoms with Gasteiger partial charge in [-0.05, 0) is 29.8 Å². The summed E-state index contributed by atoms with van der Waals surface area (Å²) in [6, 6.07) is 13.1.